The molecule has 0 amide bonds. The van der Waals surface area contributed by atoms with Gasteiger partial charge < -0.3 is 10.2 Å². The molecule has 40 heavy (non-hydrogen) atoms. The average Bonchev–Trinajstić information content (AvgIpc) is 2.90. The molecular formula is C26H20N4O8S2. The van der Waals surface area contributed by atoms with Crippen molar-refractivity contribution in [1.82, 2.24) is 0 Å². The highest BCUT2D eigenvalue weighted by molar-refractivity contribution is 7.93. The molecule has 0 spiro atoms. The highest BCUT2D eigenvalue weighted by Gasteiger charge is 2.22. The number of phenolic OH excluding ortho intramolecular Hbond substituents is 2. The first-order chi connectivity index (χ1) is 19.0. The summed E-state index contributed by atoms with van der Waals surface area (Å²) >= 11 is 0. The highest BCUT2D eigenvalue weighted by Crippen LogP contribution is 2.43. The van der Waals surface area contributed by atoms with Crippen LogP contribution in [0.4, 0.5) is 22.7 Å². The lowest BCUT2D eigenvalue weighted by atomic mass is 9.99. The van der Waals surface area contributed by atoms with Gasteiger partial charge in [-0.3, -0.25) is 20.1 Å². The van der Waals surface area contributed by atoms with Crippen molar-refractivity contribution in [3.63, 3.8) is 0 Å². The number of nitrogens with zero attached hydrogens (tertiary/aromatic N) is 1. The molecule has 0 saturated carbocycles. The average molecular weight is 581 g/mol. The molecule has 14 heteroatoms. The number of aromatic hydroxyl groups is 2. The standard InChI is InChI=1S/C26H20N4O8S2/c31-17-5-1-3-15(11-17)29-39(35,36)19-7-9-21-23(13-19)25(27-33)22-10-8-20(14-24(22)26(21)28-34)40(37,38)30-16-4-2-6-18(32)12-16/h1-14,27,29-33H. The fourth-order valence-electron chi connectivity index (χ4n) is 4.28. The number of benzene rings is 5. The van der Waals surface area contributed by atoms with E-state index >= 15 is 0 Å². The molecule has 0 radical (unpaired) electrons. The van der Waals surface area contributed by atoms with Crippen molar-refractivity contribution in [3.05, 3.63) is 89.8 Å². The van der Waals surface area contributed by atoms with E-state index in [0.29, 0.717) is 0 Å². The van der Waals surface area contributed by atoms with Crippen LogP contribution in [0.3, 0.4) is 0 Å². The van der Waals surface area contributed by atoms with Crippen LogP contribution in [0.1, 0.15) is 0 Å². The minimum absolute atomic E-state index is 0.0108. The SMILES string of the molecule is O=Nc1c2cc(S(=O)(=O)Nc3cccc(O)c3)ccc2c(NO)c2cc(S(=O)(=O)Nc3cccc(O)c3)ccc12. The zero-order valence-electron chi connectivity index (χ0n) is 20.2. The minimum atomic E-state index is -4.17. The van der Waals surface area contributed by atoms with Crippen LogP contribution in [-0.2, 0) is 20.0 Å². The van der Waals surface area contributed by atoms with Gasteiger partial charge in [0.25, 0.3) is 20.0 Å². The molecular weight excluding hydrogens is 560 g/mol. The summed E-state index contributed by atoms with van der Waals surface area (Å²) in [4.78, 5) is 11.6. The van der Waals surface area contributed by atoms with Gasteiger partial charge in [0.15, 0.2) is 0 Å². The predicted octanol–water partition coefficient (Wildman–Crippen LogP) is 5.20. The van der Waals surface area contributed by atoms with Crippen molar-refractivity contribution in [1.29, 1.82) is 0 Å². The van der Waals surface area contributed by atoms with E-state index in [4.69, 9.17) is 0 Å². The van der Waals surface area contributed by atoms with Gasteiger partial charge in [0.2, 0.25) is 0 Å². The number of phenols is 2. The van der Waals surface area contributed by atoms with Gasteiger partial charge >= 0.3 is 0 Å². The van der Waals surface area contributed by atoms with E-state index in [0.717, 1.165) is 0 Å². The van der Waals surface area contributed by atoms with E-state index in [9.17, 15) is 37.2 Å². The van der Waals surface area contributed by atoms with Gasteiger partial charge in [0, 0.05) is 33.7 Å². The fourth-order valence-corrected chi connectivity index (χ4v) is 6.43. The molecule has 0 heterocycles. The van der Waals surface area contributed by atoms with Crippen LogP contribution in [-0.4, -0.2) is 32.3 Å². The van der Waals surface area contributed by atoms with E-state index in [1.165, 1.54) is 84.9 Å². The fraction of sp³-hybridized carbons (Fsp3) is 0. The Balaban J connectivity index is 1.64. The first-order valence-electron chi connectivity index (χ1n) is 11.4. The number of nitrogens with one attached hydrogen (secondary N) is 3. The number of sulfonamides is 2. The van der Waals surface area contributed by atoms with Gasteiger partial charge in [-0.1, -0.05) is 24.3 Å². The van der Waals surface area contributed by atoms with Crippen LogP contribution in [0.15, 0.2) is 99.9 Å². The summed E-state index contributed by atoms with van der Waals surface area (Å²) in [6.45, 7) is 0. The molecule has 204 valence electrons. The number of nitroso groups, excluding NO2 is 1. The Morgan fingerprint density at radius 3 is 1.57 bits per heavy atom. The maximum atomic E-state index is 13.1. The van der Waals surface area contributed by atoms with Crippen molar-refractivity contribution in [2.24, 2.45) is 5.18 Å². The molecule has 5 rings (SSSR count). The summed E-state index contributed by atoms with van der Waals surface area (Å²) in [7, 11) is -8.33. The van der Waals surface area contributed by atoms with Gasteiger partial charge in [-0.25, -0.2) is 16.8 Å². The molecule has 0 atom stereocenters. The second-order valence-electron chi connectivity index (χ2n) is 8.65. The van der Waals surface area contributed by atoms with Gasteiger partial charge in [0.1, 0.15) is 17.2 Å². The number of fused-ring (bicyclic) bond motifs is 2. The zero-order chi connectivity index (χ0) is 28.7. The maximum Gasteiger partial charge on any atom is 0.261 e. The summed E-state index contributed by atoms with van der Waals surface area (Å²) in [5.41, 5.74) is 2.08. The molecule has 0 aliphatic heterocycles. The van der Waals surface area contributed by atoms with Crippen molar-refractivity contribution >= 4 is 64.3 Å². The molecule has 5 aromatic rings. The first-order valence-corrected chi connectivity index (χ1v) is 14.4. The van der Waals surface area contributed by atoms with Crippen LogP contribution in [0.25, 0.3) is 21.5 Å². The Morgan fingerprint density at radius 1 is 0.600 bits per heavy atom. The summed E-state index contributed by atoms with van der Waals surface area (Å²) in [5, 5.41) is 32.9. The van der Waals surface area contributed by atoms with Gasteiger partial charge in [-0.2, -0.15) is 0 Å². The van der Waals surface area contributed by atoms with E-state index in [-0.39, 0.29) is 65.6 Å². The Labute approximate surface area is 227 Å². The predicted molar refractivity (Wildman–Crippen MR) is 150 cm³/mol. The lowest BCUT2D eigenvalue weighted by Crippen LogP contribution is -2.13. The Hall–Kier alpha value is -4.92. The van der Waals surface area contributed by atoms with Crippen LogP contribution >= 0.6 is 0 Å². The third-order valence-electron chi connectivity index (χ3n) is 6.05. The number of rotatable bonds is 8. The van der Waals surface area contributed by atoms with Crippen LogP contribution < -0.4 is 14.9 Å². The number of anilines is 3. The third-order valence-corrected chi connectivity index (χ3v) is 8.81. The van der Waals surface area contributed by atoms with Crippen LogP contribution in [0.5, 0.6) is 11.5 Å². The molecule has 0 fully saturated rings. The number of hydrogen-bond donors (Lipinski definition) is 6. The second kappa shape index (κ2) is 10.00. The molecule has 5 aromatic carbocycles. The highest BCUT2D eigenvalue weighted by atomic mass is 32.2. The van der Waals surface area contributed by atoms with Gasteiger partial charge in [-0.15, -0.1) is 4.91 Å². The molecule has 0 saturated heterocycles. The largest absolute Gasteiger partial charge is 0.508 e. The van der Waals surface area contributed by atoms with E-state index in [1.807, 2.05) is 5.48 Å². The lowest BCUT2D eigenvalue weighted by Gasteiger charge is -2.15. The lowest BCUT2D eigenvalue weighted by molar-refractivity contribution is 0.390. The minimum Gasteiger partial charge on any atom is -0.508 e. The van der Waals surface area contributed by atoms with Crippen LogP contribution in [0.2, 0.25) is 0 Å². The van der Waals surface area contributed by atoms with Crippen molar-refractivity contribution in [2.45, 2.75) is 9.79 Å². The molecule has 0 unspecified atom stereocenters. The third kappa shape index (κ3) is 4.93. The number of hydrogen-bond acceptors (Lipinski definition) is 10. The molecule has 0 aliphatic rings. The summed E-state index contributed by atoms with van der Waals surface area (Å²) in [5.74, 6) is -0.285. The van der Waals surface area contributed by atoms with Crippen molar-refractivity contribution in [2.75, 3.05) is 14.9 Å². The van der Waals surface area contributed by atoms with Gasteiger partial charge in [-0.05, 0) is 53.7 Å². The Kier molecular flexibility index (Phi) is 6.67. The van der Waals surface area contributed by atoms with E-state index in [2.05, 4.69) is 14.6 Å². The summed E-state index contributed by atoms with van der Waals surface area (Å²) in [6, 6.07) is 18.5. The molecule has 0 aromatic heterocycles. The topological polar surface area (TPSA) is 194 Å². The molecule has 6 N–H and O–H groups in total. The Morgan fingerprint density at radius 2 is 1.10 bits per heavy atom. The van der Waals surface area contributed by atoms with E-state index in [1.54, 1.807) is 0 Å². The first kappa shape index (κ1) is 26.7. The smallest absolute Gasteiger partial charge is 0.261 e. The van der Waals surface area contributed by atoms with E-state index < -0.39 is 20.0 Å². The summed E-state index contributed by atoms with van der Waals surface area (Å²) in [6.07, 6.45) is 0. The monoisotopic (exact) mass is 580 g/mol. The summed E-state index contributed by atoms with van der Waals surface area (Å²) < 4.78 is 56.9. The van der Waals surface area contributed by atoms with Crippen molar-refractivity contribution < 1.29 is 32.3 Å². The van der Waals surface area contributed by atoms with Crippen LogP contribution in [0, 0.1) is 4.91 Å². The molecule has 0 bridgehead atoms. The maximum absolute atomic E-state index is 13.1. The molecule has 0 aliphatic carbocycles. The second-order valence-corrected chi connectivity index (χ2v) is 12.0. The zero-order valence-corrected chi connectivity index (χ0v) is 21.9. The molecule has 12 nitrogen and oxygen atoms in total. The van der Waals surface area contributed by atoms with Gasteiger partial charge in [0.05, 0.1) is 26.9 Å². The van der Waals surface area contributed by atoms with Crippen molar-refractivity contribution in [3.8, 4) is 11.5 Å². The normalized spacial score (nSPS) is 11.8. The Bertz CT molecular complexity index is 2030. The quantitative estimate of drug-likeness (QED) is 0.0812.